The molecule has 7 nitrogen and oxygen atoms in total. The number of amides is 2. The lowest BCUT2D eigenvalue weighted by molar-refractivity contribution is -0.121. The summed E-state index contributed by atoms with van der Waals surface area (Å²) in [6, 6.07) is 5.82. The second-order valence-electron chi connectivity index (χ2n) is 6.78. The second-order valence-corrected chi connectivity index (χ2v) is 6.78. The van der Waals surface area contributed by atoms with E-state index in [-0.39, 0.29) is 23.7 Å². The number of hydrogen-bond donors (Lipinski definition) is 1. The maximum absolute atomic E-state index is 13.7. The first-order valence-corrected chi connectivity index (χ1v) is 8.89. The van der Waals surface area contributed by atoms with E-state index >= 15 is 0 Å². The molecule has 1 aliphatic rings. The largest absolute Gasteiger partial charge is 0.360 e. The molecule has 2 aromatic rings. The Kier molecular flexibility index (Phi) is 5.55. The van der Waals surface area contributed by atoms with Gasteiger partial charge in [0.1, 0.15) is 11.6 Å². The average Bonchev–Trinajstić information content (AvgIpc) is 3.07. The Hall–Kier alpha value is -2.74. The summed E-state index contributed by atoms with van der Waals surface area (Å²) < 4.78 is 18.6. The lowest BCUT2D eigenvalue weighted by Gasteiger charge is -2.37. The van der Waals surface area contributed by atoms with Gasteiger partial charge in [-0.15, -0.1) is 0 Å². The molecular weight excluding hydrogens is 351 g/mol. The van der Waals surface area contributed by atoms with Crippen LogP contribution in [0.1, 0.15) is 28.6 Å². The summed E-state index contributed by atoms with van der Waals surface area (Å²) in [6.07, 6.45) is 0. The third kappa shape index (κ3) is 4.33. The number of benzene rings is 1. The van der Waals surface area contributed by atoms with Gasteiger partial charge in [0.25, 0.3) is 5.91 Å². The van der Waals surface area contributed by atoms with Crippen LogP contribution in [-0.2, 0) is 4.79 Å². The molecule has 144 valence electrons. The van der Waals surface area contributed by atoms with Crippen molar-refractivity contribution in [2.45, 2.75) is 26.8 Å². The first kappa shape index (κ1) is 19.0. The van der Waals surface area contributed by atoms with Crippen LogP contribution in [0.3, 0.4) is 0 Å². The Morgan fingerprint density at radius 2 is 1.89 bits per heavy atom. The summed E-state index contributed by atoms with van der Waals surface area (Å²) >= 11 is 0. The number of nitrogens with zero attached hydrogens (tertiary/aromatic N) is 3. The molecule has 1 aliphatic heterocycles. The highest BCUT2D eigenvalue weighted by Gasteiger charge is 2.28. The first-order valence-electron chi connectivity index (χ1n) is 8.89. The predicted octanol–water partition coefficient (Wildman–Crippen LogP) is 2.22. The molecule has 0 aliphatic carbocycles. The average molecular weight is 374 g/mol. The van der Waals surface area contributed by atoms with Crippen molar-refractivity contribution in [3.8, 4) is 0 Å². The number of nitrogens with one attached hydrogen (secondary N) is 1. The molecule has 1 atom stereocenters. The number of anilines is 1. The molecule has 0 radical (unpaired) electrons. The fraction of sp³-hybridized carbons (Fsp3) is 0.421. The van der Waals surface area contributed by atoms with E-state index in [2.05, 4.69) is 10.5 Å². The normalized spacial score (nSPS) is 16.2. The van der Waals surface area contributed by atoms with Crippen LogP contribution in [0, 0.1) is 19.7 Å². The van der Waals surface area contributed by atoms with Gasteiger partial charge in [-0.25, -0.2) is 4.39 Å². The summed E-state index contributed by atoms with van der Waals surface area (Å²) in [5.74, 6) is 0.262. The highest BCUT2D eigenvalue weighted by molar-refractivity contribution is 5.95. The lowest BCUT2D eigenvalue weighted by Crippen LogP contribution is -2.54. The molecule has 1 fully saturated rings. The number of hydrogen-bond acceptors (Lipinski definition) is 5. The quantitative estimate of drug-likeness (QED) is 0.888. The van der Waals surface area contributed by atoms with Crippen LogP contribution in [0.5, 0.6) is 0 Å². The second kappa shape index (κ2) is 7.87. The molecule has 1 N–H and O–H groups in total. The Labute approximate surface area is 157 Å². The van der Waals surface area contributed by atoms with Crippen LogP contribution in [0.2, 0.25) is 0 Å². The molecule has 3 rings (SSSR count). The fourth-order valence-corrected chi connectivity index (χ4v) is 3.04. The summed E-state index contributed by atoms with van der Waals surface area (Å²) in [5.41, 5.74) is 0.859. The van der Waals surface area contributed by atoms with E-state index < -0.39 is 0 Å². The van der Waals surface area contributed by atoms with Gasteiger partial charge >= 0.3 is 0 Å². The van der Waals surface area contributed by atoms with Gasteiger partial charge in [-0.3, -0.25) is 14.5 Å². The zero-order chi connectivity index (χ0) is 19.6. The molecule has 1 aromatic carbocycles. The van der Waals surface area contributed by atoms with Gasteiger partial charge in [0.05, 0.1) is 6.04 Å². The molecular formula is C19H23FN4O3. The first-order chi connectivity index (χ1) is 12.8. The number of rotatable bonds is 4. The number of piperazine rings is 1. The minimum atomic E-state index is -0.382. The number of carbonyl (C=O) groups is 2. The summed E-state index contributed by atoms with van der Waals surface area (Å²) in [6.45, 7) is 7.32. The fourth-order valence-electron chi connectivity index (χ4n) is 3.04. The lowest BCUT2D eigenvalue weighted by atomic mass is 10.1. The Morgan fingerprint density at radius 3 is 2.48 bits per heavy atom. The van der Waals surface area contributed by atoms with Gasteiger partial charge < -0.3 is 14.7 Å². The maximum Gasteiger partial charge on any atom is 0.254 e. The van der Waals surface area contributed by atoms with Crippen LogP contribution < -0.4 is 5.32 Å². The maximum atomic E-state index is 13.7. The molecule has 8 heteroatoms. The van der Waals surface area contributed by atoms with E-state index in [1.807, 2.05) is 11.8 Å². The van der Waals surface area contributed by atoms with Crippen LogP contribution in [0.4, 0.5) is 10.2 Å². The smallest absolute Gasteiger partial charge is 0.254 e. The van der Waals surface area contributed by atoms with E-state index in [9.17, 15) is 14.0 Å². The van der Waals surface area contributed by atoms with E-state index in [1.165, 1.54) is 6.07 Å². The van der Waals surface area contributed by atoms with Crippen molar-refractivity contribution in [2.24, 2.45) is 0 Å². The van der Waals surface area contributed by atoms with E-state index in [4.69, 9.17) is 4.52 Å². The molecule has 1 unspecified atom stereocenters. The highest BCUT2D eigenvalue weighted by atomic mass is 19.1. The van der Waals surface area contributed by atoms with Crippen molar-refractivity contribution >= 4 is 17.6 Å². The summed E-state index contributed by atoms with van der Waals surface area (Å²) in [7, 11) is 0. The summed E-state index contributed by atoms with van der Waals surface area (Å²) in [5, 5.41) is 6.48. The standard InChI is InChI=1S/C19H23FN4O3/c1-12-4-5-15(11-16(12)20)19(26)24-8-6-23(7-9-24)14(3)18(25)21-17-10-13(2)27-22-17/h4-5,10-11,14H,6-9H2,1-3H3,(H,21,22,25). The van der Waals surface area contributed by atoms with E-state index in [1.54, 1.807) is 36.9 Å². The molecule has 27 heavy (non-hydrogen) atoms. The van der Waals surface area contributed by atoms with Gasteiger partial charge in [-0.05, 0) is 38.5 Å². The molecule has 1 saturated heterocycles. The van der Waals surface area contributed by atoms with E-state index in [0.29, 0.717) is 48.9 Å². The Balaban J connectivity index is 1.55. The zero-order valence-corrected chi connectivity index (χ0v) is 15.7. The number of aromatic nitrogens is 1. The molecule has 0 bridgehead atoms. The van der Waals surface area contributed by atoms with Crippen molar-refractivity contribution in [1.82, 2.24) is 15.0 Å². The third-order valence-electron chi connectivity index (χ3n) is 4.83. The van der Waals surface area contributed by atoms with Gasteiger partial charge in [0, 0.05) is 37.8 Å². The van der Waals surface area contributed by atoms with Gasteiger partial charge in [0.2, 0.25) is 5.91 Å². The van der Waals surface area contributed by atoms with Crippen LogP contribution in [0.25, 0.3) is 0 Å². The van der Waals surface area contributed by atoms with Crippen molar-refractivity contribution in [2.75, 3.05) is 31.5 Å². The molecule has 0 saturated carbocycles. The van der Waals surface area contributed by atoms with Crippen LogP contribution >= 0.6 is 0 Å². The van der Waals surface area contributed by atoms with Crippen LogP contribution in [-0.4, -0.2) is 59.0 Å². The Morgan fingerprint density at radius 1 is 1.19 bits per heavy atom. The number of carbonyl (C=O) groups excluding carboxylic acids is 2. The van der Waals surface area contributed by atoms with Crippen molar-refractivity contribution in [1.29, 1.82) is 0 Å². The number of halogens is 1. The number of aryl methyl sites for hydroxylation is 2. The van der Waals surface area contributed by atoms with Crippen LogP contribution in [0.15, 0.2) is 28.8 Å². The van der Waals surface area contributed by atoms with Crippen molar-refractivity contribution in [3.63, 3.8) is 0 Å². The van der Waals surface area contributed by atoms with Gasteiger partial charge in [-0.1, -0.05) is 11.2 Å². The minimum absolute atomic E-state index is 0.177. The predicted molar refractivity (Wildman–Crippen MR) is 97.9 cm³/mol. The third-order valence-corrected chi connectivity index (χ3v) is 4.83. The van der Waals surface area contributed by atoms with Crippen molar-refractivity contribution < 1.29 is 18.5 Å². The summed E-state index contributed by atoms with van der Waals surface area (Å²) in [4.78, 5) is 28.6. The minimum Gasteiger partial charge on any atom is -0.360 e. The molecule has 0 spiro atoms. The SMILES string of the molecule is Cc1cc(NC(=O)C(C)N2CCN(C(=O)c3ccc(C)c(F)c3)CC2)no1. The van der Waals surface area contributed by atoms with E-state index in [0.717, 1.165) is 0 Å². The zero-order valence-electron chi connectivity index (χ0n) is 15.7. The Bertz CT molecular complexity index is 843. The van der Waals surface area contributed by atoms with Gasteiger partial charge in [0.15, 0.2) is 5.82 Å². The van der Waals surface area contributed by atoms with Gasteiger partial charge in [-0.2, -0.15) is 0 Å². The molecule has 1 aromatic heterocycles. The van der Waals surface area contributed by atoms with Crippen molar-refractivity contribution in [3.05, 3.63) is 47.0 Å². The molecule has 2 heterocycles. The molecule has 2 amide bonds. The highest BCUT2D eigenvalue weighted by Crippen LogP contribution is 2.15. The monoisotopic (exact) mass is 374 g/mol. The topological polar surface area (TPSA) is 78.7 Å².